The molecule has 0 radical (unpaired) electrons. The lowest BCUT2D eigenvalue weighted by Gasteiger charge is -2.46. The van der Waals surface area contributed by atoms with E-state index in [0.29, 0.717) is 0 Å². The Kier molecular flexibility index (Phi) is 11.2. The molecule has 1 aromatic heterocycles. The monoisotopic (exact) mass is 1040 g/mol. The Balaban J connectivity index is 1.12. The molecule has 0 spiro atoms. The van der Waals surface area contributed by atoms with Crippen molar-refractivity contribution in [3.8, 4) is 0 Å². The first-order valence-electron chi connectivity index (χ1n) is 29.4. The van der Waals surface area contributed by atoms with Crippen molar-refractivity contribution < 1.29 is 0 Å². The molecule has 0 saturated carbocycles. The summed E-state index contributed by atoms with van der Waals surface area (Å²) in [6.07, 6.45) is 7.09. The zero-order valence-electron chi connectivity index (χ0n) is 49.8. The number of benzene rings is 7. The number of nitrogens with zero attached hydrogens (tertiary/aromatic N) is 3. The summed E-state index contributed by atoms with van der Waals surface area (Å²) in [5.41, 5.74) is 26.0. The number of fused-ring (bicyclic) bond motifs is 9. The molecule has 7 aromatic carbocycles. The molecule has 2 aliphatic heterocycles. The molecule has 0 atom stereocenters. The summed E-state index contributed by atoms with van der Waals surface area (Å²) < 4.78 is 2.84. The van der Waals surface area contributed by atoms with Gasteiger partial charge in [-0.2, -0.15) is 0 Å². The van der Waals surface area contributed by atoms with Gasteiger partial charge in [0, 0.05) is 60.4 Å². The van der Waals surface area contributed by atoms with Gasteiger partial charge in [-0.25, -0.2) is 0 Å². The fourth-order valence-electron chi connectivity index (χ4n) is 14.9. The predicted molar refractivity (Wildman–Crippen MR) is 340 cm³/mol. The Bertz CT molecular complexity index is 3760. The minimum atomic E-state index is 0.00912. The Morgan fingerprint density at radius 1 is 0.449 bits per heavy atom. The molecule has 3 nitrogen and oxygen atoms in total. The van der Waals surface area contributed by atoms with Crippen LogP contribution < -0.4 is 30.4 Å². The average molecular weight is 1040 g/mol. The van der Waals surface area contributed by atoms with Gasteiger partial charge in [0.15, 0.2) is 0 Å². The molecule has 0 unspecified atom stereocenters. The largest absolute Gasteiger partial charge is 0.311 e. The number of rotatable bonds is 5. The van der Waals surface area contributed by atoms with Crippen LogP contribution in [0.3, 0.4) is 0 Å². The lowest BCUT2D eigenvalue weighted by atomic mass is 9.36. The Labute approximate surface area is 472 Å². The first-order valence-corrected chi connectivity index (χ1v) is 30.2. The highest BCUT2D eigenvalue weighted by atomic mass is 32.1. The van der Waals surface area contributed by atoms with Gasteiger partial charge in [0.25, 0.3) is 6.71 Å². The van der Waals surface area contributed by atoms with Crippen molar-refractivity contribution in [2.45, 2.75) is 187 Å². The quantitative estimate of drug-likeness (QED) is 0.159. The lowest BCUT2D eigenvalue weighted by Crippen LogP contribution is -2.60. The van der Waals surface area contributed by atoms with Gasteiger partial charge in [-0.15, -0.1) is 11.3 Å². The topological polar surface area (TPSA) is 9.72 Å². The van der Waals surface area contributed by atoms with Gasteiger partial charge < -0.3 is 14.7 Å². The third kappa shape index (κ3) is 7.84. The summed E-state index contributed by atoms with van der Waals surface area (Å²) in [7, 11) is 0. The van der Waals surface area contributed by atoms with Crippen LogP contribution in [0.2, 0.25) is 0 Å². The molecule has 0 bridgehead atoms. The number of hydrogen-bond acceptors (Lipinski definition) is 4. The zero-order valence-corrected chi connectivity index (χ0v) is 50.6. The molecular weight excluding hydrogens is 962 g/mol. The lowest BCUT2D eigenvalue weighted by molar-refractivity contribution is 0.332. The van der Waals surface area contributed by atoms with Crippen molar-refractivity contribution in [1.29, 1.82) is 0 Å². The van der Waals surface area contributed by atoms with Crippen molar-refractivity contribution in [3.05, 3.63) is 178 Å². The van der Waals surface area contributed by atoms with E-state index in [4.69, 9.17) is 0 Å². The van der Waals surface area contributed by atoms with E-state index in [2.05, 4.69) is 270 Å². The molecule has 0 fully saturated rings. The molecule has 0 N–H and O–H groups in total. The SMILES string of the molecule is Cc1cc2c3c(c1)N(c1ccc4c(c1)C(C)(C)CCC4(C)C)c1c(sc4cc5c(cc14)C(C)(C)CCC5(C)C)B3c1ccc(N(c3ccccc3)c3ccc(C(C)(C)C)cc3)cc1N2c1ccc2c(c1)C(C)(C)CCC2(C)C. The summed E-state index contributed by atoms with van der Waals surface area (Å²) in [4.78, 5) is 7.90. The van der Waals surface area contributed by atoms with Crippen LogP contribution >= 0.6 is 11.3 Å². The third-order valence-electron chi connectivity index (χ3n) is 20.2. The molecule has 0 amide bonds. The molecule has 0 saturated heterocycles. The Morgan fingerprint density at radius 3 is 1.45 bits per heavy atom. The van der Waals surface area contributed by atoms with Crippen LogP contribution in [0.15, 0.2) is 133 Å². The minimum absolute atomic E-state index is 0.00912. The number of thiophene rings is 1. The van der Waals surface area contributed by atoms with E-state index in [1.165, 1.54) is 137 Å². The third-order valence-corrected chi connectivity index (χ3v) is 21.4. The van der Waals surface area contributed by atoms with Gasteiger partial charge in [-0.3, -0.25) is 0 Å². The van der Waals surface area contributed by atoms with E-state index in [9.17, 15) is 0 Å². The predicted octanol–water partition coefficient (Wildman–Crippen LogP) is 19.1. The second kappa shape index (κ2) is 17.0. The number of para-hydroxylation sites is 1. The van der Waals surface area contributed by atoms with E-state index in [1.54, 1.807) is 0 Å². The van der Waals surface area contributed by atoms with E-state index in [-0.39, 0.29) is 44.6 Å². The van der Waals surface area contributed by atoms with Crippen molar-refractivity contribution >= 4 is 95.0 Å². The second-order valence-electron chi connectivity index (χ2n) is 29.5. The van der Waals surface area contributed by atoms with Gasteiger partial charge in [0.2, 0.25) is 0 Å². The first-order chi connectivity index (χ1) is 36.7. The summed E-state index contributed by atoms with van der Waals surface area (Å²) in [6, 6.07) is 53.3. The van der Waals surface area contributed by atoms with E-state index in [0.717, 1.165) is 23.5 Å². The van der Waals surface area contributed by atoms with Crippen LogP contribution in [0.4, 0.5) is 51.2 Å². The molecule has 13 rings (SSSR count). The maximum Gasteiger partial charge on any atom is 0.264 e. The van der Waals surface area contributed by atoms with E-state index >= 15 is 0 Å². The van der Waals surface area contributed by atoms with Gasteiger partial charge >= 0.3 is 0 Å². The molecule has 3 aliphatic carbocycles. The maximum absolute atomic E-state index is 2.75. The molecular formula is C73H82BN3S. The first kappa shape index (κ1) is 51.4. The average Bonchev–Trinajstić information content (AvgIpc) is 2.44. The van der Waals surface area contributed by atoms with E-state index in [1.807, 2.05) is 0 Å². The van der Waals surface area contributed by atoms with Crippen LogP contribution in [-0.4, -0.2) is 6.71 Å². The van der Waals surface area contributed by atoms with Crippen molar-refractivity contribution in [2.75, 3.05) is 14.7 Å². The van der Waals surface area contributed by atoms with Crippen LogP contribution in [0.25, 0.3) is 10.1 Å². The van der Waals surface area contributed by atoms with Gasteiger partial charge in [0.1, 0.15) is 0 Å². The summed E-state index contributed by atoms with van der Waals surface area (Å²) in [5, 5.41) is 1.39. The van der Waals surface area contributed by atoms with Gasteiger partial charge in [-0.1, -0.05) is 152 Å². The maximum atomic E-state index is 2.75. The van der Waals surface area contributed by atoms with Gasteiger partial charge in [-0.05, 0) is 224 Å². The summed E-state index contributed by atoms with van der Waals surface area (Å²) in [5.74, 6) is 0. The highest BCUT2D eigenvalue weighted by Gasteiger charge is 2.48. The van der Waals surface area contributed by atoms with Crippen LogP contribution in [0.1, 0.15) is 187 Å². The zero-order chi connectivity index (χ0) is 55.0. The Hall–Kier alpha value is -6.04. The summed E-state index contributed by atoms with van der Waals surface area (Å²) in [6.45, 7) is 39.0. The molecule has 3 heterocycles. The summed E-state index contributed by atoms with van der Waals surface area (Å²) >= 11 is 2.06. The van der Waals surface area contributed by atoms with Gasteiger partial charge in [0.05, 0.1) is 5.69 Å². The standard InChI is InChI=1S/C73H82BN3S/c1-45-38-61-64-62(39-45)77(50-27-30-54-56(41-50)71(11,12)35-33-69(54,7)8)65-52-43-57-58(73(15,16)37-36-72(57,13)14)44-63(52)78-66(65)74(64)59-31-28-51(75(47-20-18-17-19-21-47)48-24-22-46(23-25-48)67(2,3)4)42-60(59)76(61)49-26-29-53-55(40-49)70(9,10)34-32-68(53,5)6/h17-31,38-44H,32-37H2,1-16H3. The molecule has 5 heteroatoms. The number of anilines is 9. The van der Waals surface area contributed by atoms with E-state index < -0.39 is 0 Å². The molecule has 5 aliphatic rings. The van der Waals surface area contributed by atoms with Crippen LogP contribution in [0.5, 0.6) is 0 Å². The minimum Gasteiger partial charge on any atom is -0.311 e. The van der Waals surface area contributed by atoms with Crippen molar-refractivity contribution in [2.24, 2.45) is 0 Å². The number of hydrogen-bond donors (Lipinski definition) is 0. The second-order valence-corrected chi connectivity index (χ2v) is 30.6. The van der Waals surface area contributed by atoms with Crippen molar-refractivity contribution in [3.63, 3.8) is 0 Å². The highest BCUT2D eigenvalue weighted by molar-refractivity contribution is 7.33. The normalized spacial score (nSPS) is 19.5. The highest BCUT2D eigenvalue weighted by Crippen LogP contribution is 2.56. The van der Waals surface area contributed by atoms with Crippen LogP contribution in [0, 0.1) is 6.92 Å². The smallest absolute Gasteiger partial charge is 0.264 e. The fourth-order valence-corrected chi connectivity index (χ4v) is 16.3. The fraction of sp³-hybridized carbons (Fsp3) is 0.397. The van der Waals surface area contributed by atoms with Crippen LogP contribution in [-0.2, 0) is 37.9 Å². The number of aryl methyl sites for hydroxylation is 1. The van der Waals surface area contributed by atoms with Crippen molar-refractivity contribution in [1.82, 2.24) is 0 Å². The molecule has 8 aromatic rings. The molecule has 398 valence electrons. The Morgan fingerprint density at radius 2 is 0.910 bits per heavy atom. The molecule has 78 heavy (non-hydrogen) atoms.